The zero-order valence-corrected chi connectivity index (χ0v) is 15.4. The van der Waals surface area contributed by atoms with Gasteiger partial charge in [0, 0.05) is 56.9 Å². The number of aromatic nitrogens is 4. The van der Waals surface area contributed by atoms with Gasteiger partial charge < -0.3 is 14.2 Å². The molecule has 0 aromatic carbocycles. The minimum atomic E-state index is 0.692. The van der Waals surface area contributed by atoms with E-state index < -0.39 is 0 Å². The van der Waals surface area contributed by atoms with Gasteiger partial charge in [-0.3, -0.25) is 0 Å². The van der Waals surface area contributed by atoms with Crippen molar-refractivity contribution < 1.29 is 0 Å². The Bertz CT molecular complexity index is 894. The first-order valence-corrected chi connectivity index (χ1v) is 9.52. The van der Waals surface area contributed by atoms with Crippen molar-refractivity contribution in [3.8, 4) is 0 Å². The summed E-state index contributed by atoms with van der Waals surface area (Å²) < 4.78 is 3.08. The highest BCUT2D eigenvalue weighted by Gasteiger charge is 2.26. The number of anilines is 2. The second kappa shape index (κ2) is 5.98. The first-order chi connectivity index (χ1) is 12.3. The van der Waals surface area contributed by atoms with E-state index in [1.807, 2.05) is 0 Å². The van der Waals surface area contributed by atoms with Crippen molar-refractivity contribution >= 4 is 33.2 Å². The van der Waals surface area contributed by atoms with E-state index in [-0.39, 0.29) is 0 Å². The molecule has 0 unspecified atom stereocenters. The predicted octanol–water partition coefficient (Wildman–Crippen LogP) is 3.09. The molecule has 25 heavy (non-hydrogen) atoms. The Morgan fingerprint density at radius 2 is 1.64 bits per heavy atom. The monoisotopic (exact) mass is 398 g/mol. The first-order valence-electron chi connectivity index (χ1n) is 8.72. The Kier molecular flexibility index (Phi) is 3.62. The van der Waals surface area contributed by atoms with Gasteiger partial charge in [-0.1, -0.05) is 0 Å². The second-order valence-corrected chi connectivity index (χ2v) is 7.68. The molecule has 1 aliphatic heterocycles. The Morgan fingerprint density at radius 3 is 2.36 bits per heavy atom. The van der Waals surface area contributed by atoms with Crippen LogP contribution in [0.1, 0.15) is 24.5 Å². The molecule has 2 fully saturated rings. The van der Waals surface area contributed by atoms with Crippen molar-refractivity contribution in [2.24, 2.45) is 0 Å². The van der Waals surface area contributed by atoms with Crippen molar-refractivity contribution in [3.63, 3.8) is 0 Å². The minimum absolute atomic E-state index is 0.692. The third-order valence-corrected chi connectivity index (χ3v) is 5.39. The van der Waals surface area contributed by atoms with Crippen LogP contribution in [0.4, 0.5) is 11.6 Å². The SMILES string of the molecule is Brc1cnc(N2CCN(c3ccc4nc(C5CC5)cn4c3)CC2)nc1. The molecule has 128 valence electrons. The lowest BCUT2D eigenvalue weighted by Gasteiger charge is -2.36. The lowest BCUT2D eigenvalue weighted by atomic mass is 10.3. The molecular formula is C18H19BrN6. The van der Waals surface area contributed by atoms with Gasteiger partial charge in [-0.05, 0) is 40.9 Å². The topological polar surface area (TPSA) is 49.6 Å². The molecule has 0 amide bonds. The number of halogens is 1. The van der Waals surface area contributed by atoms with Crippen molar-refractivity contribution in [1.82, 2.24) is 19.4 Å². The Labute approximate surface area is 154 Å². The van der Waals surface area contributed by atoms with E-state index in [0.29, 0.717) is 5.92 Å². The molecule has 6 nitrogen and oxygen atoms in total. The van der Waals surface area contributed by atoms with Crippen molar-refractivity contribution in [2.45, 2.75) is 18.8 Å². The smallest absolute Gasteiger partial charge is 0.225 e. The molecule has 0 bridgehead atoms. The fourth-order valence-corrected chi connectivity index (χ4v) is 3.60. The Hall–Kier alpha value is -2.15. The van der Waals surface area contributed by atoms with Crippen LogP contribution < -0.4 is 9.80 Å². The zero-order chi connectivity index (χ0) is 16.8. The maximum absolute atomic E-state index is 4.74. The fraction of sp³-hybridized carbons (Fsp3) is 0.389. The van der Waals surface area contributed by atoms with Crippen LogP contribution in [0.3, 0.4) is 0 Å². The molecule has 2 aliphatic rings. The van der Waals surface area contributed by atoms with Crippen molar-refractivity contribution in [1.29, 1.82) is 0 Å². The molecule has 0 radical (unpaired) electrons. The van der Waals surface area contributed by atoms with Crippen LogP contribution in [0.2, 0.25) is 0 Å². The van der Waals surface area contributed by atoms with E-state index >= 15 is 0 Å². The maximum atomic E-state index is 4.74. The summed E-state index contributed by atoms with van der Waals surface area (Å²) in [5.74, 6) is 1.50. The predicted molar refractivity (Wildman–Crippen MR) is 101 cm³/mol. The largest absolute Gasteiger partial charge is 0.367 e. The third kappa shape index (κ3) is 2.97. The highest BCUT2D eigenvalue weighted by molar-refractivity contribution is 9.10. The molecular weight excluding hydrogens is 380 g/mol. The van der Waals surface area contributed by atoms with Gasteiger partial charge in [-0.15, -0.1) is 0 Å². The Balaban J connectivity index is 1.31. The summed E-state index contributed by atoms with van der Waals surface area (Å²) in [4.78, 5) is 18.2. The van der Waals surface area contributed by atoms with Gasteiger partial charge in [0.15, 0.2) is 0 Å². The fourth-order valence-electron chi connectivity index (χ4n) is 3.40. The number of fused-ring (bicyclic) bond motifs is 1. The van der Waals surface area contributed by atoms with E-state index in [4.69, 9.17) is 4.98 Å². The molecule has 1 saturated heterocycles. The molecule has 1 saturated carbocycles. The number of imidazole rings is 1. The van der Waals surface area contributed by atoms with Crippen LogP contribution in [-0.2, 0) is 0 Å². The summed E-state index contributed by atoms with van der Waals surface area (Å²) in [5.41, 5.74) is 3.55. The second-order valence-electron chi connectivity index (χ2n) is 6.77. The molecule has 0 N–H and O–H groups in total. The zero-order valence-electron chi connectivity index (χ0n) is 13.8. The summed E-state index contributed by atoms with van der Waals surface area (Å²) in [7, 11) is 0. The molecule has 0 spiro atoms. The van der Waals surface area contributed by atoms with Gasteiger partial charge in [0.2, 0.25) is 5.95 Å². The molecule has 1 aliphatic carbocycles. The normalized spacial score (nSPS) is 18.1. The number of pyridine rings is 1. The highest BCUT2D eigenvalue weighted by Crippen LogP contribution is 2.39. The van der Waals surface area contributed by atoms with Crippen LogP contribution >= 0.6 is 15.9 Å². The standard InChI is InChI=1S/C18H19BrN6/c19-14-9-20-18(21-10-14)24-7-5-23(6-8-24)15-3-4-17-22-16(13-1-2-13)12-25(17)11-15/h3-4,9-13H,1-2,5-8H2. The average Bonchev–Trinajstić information content (AvgIpc) is 3.41. The van der Waals surface area contributed by atoms with E-state index in [1.165, 1.54) is 24.2 Å². The quantitative estimate of drug-likeness (QED) is 0.678. The summed E-state index contributed by atoms with van der Waals surface area (Å²) in [6, 6.07) is 4.32. The molecule has 7 heteroatoms. The average molecular weight is 399 g/mol. The van der Waals surface area contributed by atoms with Gasteiger partial charge in [0.1, 0.15) is 5.65 Å². The molecule has 3 aromatic heterocycles. The summed E-state index contributed by atoms with van der Waals surface area (Å²) in [6.45, 7) is 3.79. The third-order valence-electron chi connectivity index (χ3n) is 4.98. The van der Waals surface area contributed by atoms with Crippen molar-refractivity contribution in [3.05, 3.63) is 47.1 Å². The van der Waals surface area contributed by atoms with Crippen LogP contribution in [0.5, 0.6) is 0 Å². The molecule has 4 heterocycles. The summed E-state index contributed by atoms with van der Waals surface area (Å²) in [5, 5.41) is 0. The number of nitrogens with zero attached hydrogens (tertiary/aromatic N) is 6. The summed E-state index contributed by atoms with van der Waals surface area (Å²) >= 11 is 3.38. The van der Waals surface area contributed by atoms with Crippen LogP contribution in [0.25, 0.3) is 5.65 Å². The van der Waals surface area contributed by atoms with Gasteiger partial charge in [0.25, 0.3) is 0 Å². The highest BCUT2D eigenvalue weighted by atomic mass is 79.9. The molecule has 5 rings (SSSR count). The van der Waals surface area contributed by atoms with Gasteiger partial charge in [-0.25, -0.2) is 15.0 Å². The van der Waals surface area contributed by atoms with E-state index in [0.717, 1.165) is 42.2 Å². The van der Waals surface area contributed by atoms with Crippen LogP contribution in [0, 0.1) is 0 Å². The lowest BCUT2D eigenvalue weighted by molar-refractivity contribution is 0.639. The van der Waals surface area contributed by atoms with Crippen LogP contribution in [0.15, 0.2) is 41.4 Å². The van der Waals surface area contributed by atoms with E-state index in [9.17, 15) is 0 Å². The van der Waals surface area contributed by atoms with Crippen molar-refractivity contribution in [2.75, 3.05) is 36.0 Å². The number of hydrogen-bond donors (Lipinski definition) is 0. The number of piperazine rings is 1. The van der Waals surface area contributed by atoms with Crippen LogP contribution in [-0.4, -0.2) is 45.5 Å². The van der Waals surface area contributed by atoms with E-state index in [2.05, 4.69) is 64.6 Å². The minimum Gasteiger partial charge on any atom is -0.367 e. The van der Waals surface area contributed by atoms with Gasteiger partial charge in [0.05, 0.1) is 15.9 Å². The first kappa shape index (κ1) is 15.1. The lowest BCUT2D eigenvalue weighted by Crippen LogP contribution is -2.47. The van der Waals surface area contributed by atoms with E-state index in [1.54, 1.807) is 12.4 Å². The van der Waals surface area contributed by atoms with Gasteiger partial charge >= 0.3 is 0 Å². The molecule has 0 atom stereocenters. The summed E-state index contributed by atoms with van der Waals surface area (Å²) in [6.07, 6.45) is 10.6. The number of rotatable bonds is 3. The van der Waals surface area contributed by atoms with Gasteiger partial charge in [-0.2, -0.15) is 0 Å². The molecule has 3 aromatic rings. The maximum Gasteiger partial charge on any atom is 0.225 e. The number of hydrogen-bond acceptors (Lipinski definition) is 5. The Morgan fingerprint density at radius 1 is 0.920 bits per heavy atom.